The zero-order valence-electron chi connectivity index (χ0n) is 19.1. The van der Waals surface area contributed by atoms with E-state index >= 15 is 0 Å². The summed E-state index contributed by atoms with van der Waals surface area (Å²) < 4.78 is 12.0. The number of hydrogen-bond acceptors (Lipinski definition) is 4. The van der Waals surface area contributed by atoms with E-state index in [1.54, 1.807) is 6.08 Å². The first-order valence-electron chi connectivity index (χ1n) is 10.5. The fraction of sp³-hybridized carbons (Fsp3) is 0.480. The second-order valence-electron chi connectivity index (χ2n) is 9.71. The summed E-state index contributed by atoms with van der Waals surface area (Å²) in [7, 11) is -0.465. The lowest BCUT2D eigenvalue weighted by molar-refractivity contribution is -0.148. The van der Waals surface area contributed by atoms with Gasteiger partial charge in [0.2, 0.25) is 0 Å². The Balaban J connectivity index is 2.03. The maximum atomic E-state index is 13.2. The van der Waals surface area contributed by atoms with Gasteiger partial charge >= 0.3 is 5.97 Å². The molecule has 0 bridgehead atoms. The van der Waals surface area contributed by atoms with E-state index in [2.05, 4.69) is 61.6 Å². The Kier molecular flexibility index (Phi) is 6.74. The minimum absolute atomic E-state index is 0.125. The van der Waals surface area contributed by atoms with E-state index in [-0.39, 0.29) is 16.9 Å². The number of carbonyl (C=O) groups is 1. The molecule has 0 heterocycles. The first-order chi connectivity index (χ1) is 14.5. The number of benzene rings is 1. The number of ether oxygens (including phenoxy) is 1. The standard InChI is InChI=1S/C25H31BrO4Si/c1-24(2,3)31(5,6)30-14-10-9-13-19-17-11-7-8-12-18(17)20-15-22(27)21(26)16-25(19,20)23(28)29-4/h7-8,11-13,16,20,22,27H,14-15H2,1-6H3/b19-13+/t20-,22+,25-/m1/s1. The van der Waals surface area contributed by atoms with Gasteiger partial charge in [-0.25, -0.2) is 0 Å². The maximum absolute atomic E-state index is 13.2. The monoisotopic (exact) mass is 502 g/mol. The average molecular weight is 504 g/mol. The number of rotatable bonds is 3. The number of esters is 1. The predicted molar refractivity (Wildman–Crippen MR) is 130 cm³/mol. The third-order valence-electron chi connectivity index (χ3n) is 6.92. The van der Waals surface area contributed by atoms with E-state index in [1.807, 2.05) is 30.3 Å². The van der Waals surface area contributed by atoms with Crippen molar-refractivity contribution in [3.63, 3.8) is 0 Å². The Morgan fingerprint density at radius 2 is 2.03 bits per heavy atom. The molecule has 6 heteroatoms. The van der Waals surface area contributed by atoms with Crippen molar-refractivity contribution in [3.05, 3.63) is 52.0 Å². The van der Waals surface area contributed by atoms with Gasteiger partial charge in [-0.2, -0.15) is 0 Å². The lowest BCUT2D eigenvalue weighted by atomic mass is 9.68. The third kappa shape index (κ3) is 4.21. The highest BCUT2D eigenvalue weighted by atomic mass is 79.9. The van der Waals surface area contributed by atoms with Gasteiger partial charge in [0, 0.05) is 10.4 Å². The van der Waals surface area contributed by atoms with Crippen LogP contribution in [0.2, 0.25) is 18.1 Å². The van der Waals surface area contributed by atoms with Gasteiger partial charge in [-0.15, -0.1) is 0 Å². The molecule has 166 valence electrons. The number of allylic oxidation sites excluding steroid dienone is 1. The highest BCUT2D eigenvalue weighted by Crippen LogP contribution is 2.61. The van der Waals surface area contributed by atoms with Crippen molar-refractivity contribution in [2.45, 2.75) is 57.3 Å². The molecule has 1 aromatic rings. The van der Waals surface area contributed by atoms with Crippen molar-refractivity contribution in [3.8, 4) is 11.8 Å². The quantitative estimate of drug-likeness (QED) is 0.341. The van der Waals surface area contributed by atoms with Crippen LogP contribution in [0, 0.1) is 17.3 Å². The molecule has 2 aliphatic rings. The number of hydrogen-bond donors (Lipinski definition) is 1. The first kappa shape index (κ1) is 24.0. The van der Waals surface area contributed by atoms with Crippen LogP contribution in [0.15, 0.2) is 40.9 Å². The molecule has 31 heavy (non-hydrogen) atoms. The van der Waals surface area contributed by atoms with Crippen LogP contribution in [0.5, 0.6) is 0 Å². The fourth-order valence-electron chi connectivity index (χ4n) is 4.12. The van der Waals surface area contributed by atoms with Crippen LogP contribution in [0.1, 0.15) is 44.2 Å². The van der Waals surface area contributed by atoms with Gasteiger partial charge in [-0.05, 0) is 53.4 Å². The molecule has 0 unspecified atom stereocenters. The molecular weight excluding hydrogens is 472 g/mol. The number of fused-ring (bicyclic) bond motifs is 3. The topological polar surface area (TPSA) is 55.8 Å². The van der Waals surface area contributed by atoms with E-state index in [0.29, 0.717) is 17.5 Å². The molecule has 3 rings (SSSR count). The summed E-state index contributed by atoms with van der Waals surface area (Å²) in [6.07, 6.45) is 3.40. The van der Waals surface area contributed by atoms with Crippen LogP contribution in [-0.2, 0) is 14.0 Å². The van der Waals surface area contributed by atoms with Crippen molar-refractivity contribution >= 4 is 35.8 Å². The van der Waals surface area contributed by atoms with Crippen LogP contribution < -0.4 is 0 Å². The summed E-state index contributed by atoms with van der Waals surface area (Å²) in [5.74, 6) is 5.69. The van der Waals surface area contributed by atoms with Crippen molar-refractivity contribution < 1.29 is 19.1 Å². The van der Waals surface area contributed by atoms with Crippen LogP contribution in [0.3, 0.4) is 0 Å². The molecule has 0 saturated carbocycles. The highest BCUT2D eigenvalue weighted by molar-refractivity contribution is 9.11. The zero-order valence-corrected chi connectivity index (χ0v) is 21.7. The number of aliphatic hydroxyl groups excluding tert-OH is 1. The van der Waals surface area contributed by atoms with E-state index < -0.39 is 19.8 Å². The lowest BCUT2D eigenvalue weighted by Gasteiger charge is -2.37. The number of methoxy groups -OCH3 is 1. The van der Waals surface area contributed by atoms with Crippen LogP contribution in [0.4, 0.5) is 0 Å². The van der Waals surface area contributed by atoms with Crippen molar-refractivity contribution in [1.29, 1.82) is 0 Å². The number of carbonyl (C=O) groups excluding carboxylic acids is 1. The maximum Gasteiger partial charge on any atom is 0.320 e. The minimum Gasteiger partial charge on any atom is -0.468 e. The highest BCUT2D eigenvalue weighted by Gasteiger charge is 2.57. The van der Waals surface area contributed by atoms with Crippen molar-refractivity contribution in [2.75, 3.05) is 13.7 Å². The van der Waals surface area contributed by atoms with Crippen LogP contribution in [-0.4, -0.2) is 39.2 Å². The Bertz CT molecular complexity index is 993. The molecule has 1 aromatic carbocycles. The number of halogens is 1. The predicted octanol–water partition coefficient (Wildman–Crippen LogP) is 5.40. The van der Waals surface area contributed by atoms with Crippen LogP contribution >= 0.6 is 15.9 Å². The summed E-state index contributed by atoms with van der Waals surface area (Å²) in [6.45, 7) is 11.4. The molecule has 4 nitrogen and oxygen atoms in total. The molecule has 0 aliphatic heterocycles. The van der Waals surface area contributed by atoms with Crippen molar-refractivity contribution in [2.24, 2.45) is 5.41 Å². The van der Waals surface area contributed by atoms with Gasteiger partial charge in [-0.3, -0.25) is 4.79 Å². The van der Waals surface area contributed by atoms with Gasteiger partial charge in [0.05, 0.1) is 19.8 Å². The lowest BCUT2D eigenvalue weighted by Crippen LogP contribution is -2.40. The summed E-state index contributed by atoms with van der Waals surface area (Å²) in [4.78, 5) is 13.2. The summed E-state index contributed by atoms with van der Waals surface area (Å²) >= 11 is 3.45. The van der Waals surface area contributed by atoms with Gasteiger partial charge < -0.3 is 14.3 Å². The normalized spacial score (nSPS) is 26.5. The smallest absolute Gasteiger partial charge is 0.320 e. The molecule has 0 fully saturated rings. The van der Waals surface area contributed by atoms with E-state index in [0.717, 1.165) is 16.7 Å². The first-order valence-corrected chi connectivity index (χ1v) is 14.2. The largest absolute Gasteiger partial charge is 0.468 e. The Labute approximate surface area is 195 Å². The second-order valence-corrected chi connectivity index (χ2v) is 15.4. The van der Waals surface area contributed by atoms with E-state index in [4.69, 9.17) is 9.16 Å². The third-order valence-corrected chi connectivity index (χ3v) is 12.2. The Morgan fingerprint density at radius 1 is 1.35 bits per heavy atom. The fourth-order valence-corrected chi connectivity index (χ4v) is 5.53. The van der Waals surface area contributed by atoms with E-state index in [1.165, 1.54) is 7.11 Å². The molecule has 0 saturated heterocycles. The Morgan fingerprint density at radius 3 is 2.68 bits per heavy atom. The molecule has 0 spiro atoms. The summed E-state index contributed by atoms with van der Waals surface area (Å²) in [5, 5.41) is 10.6. The minimum atomic E-state index is -1.87. The molecule has 1 N–H and O–H groups in total. The van der Waals surface area contributed by atoms with Gasteiger partial charge in [0.25, 0.3) is 0 Å². The summed E-state index contributed by atoms with van der Waals surface area (Å²) in [5.41, 5.74) is 1.81. The summed E-state index contributed by atoms with van der Waals surface area (Å²) in [6, 6.07) is 7.94. The van der Waals surface area contributed by atoms with Crippen LogP contribution in [0.25, 0.3) is 5.57 Å². The molecule has 2 aliphatic carbocycles. The molecule has 0 aromatic heterocycles. The zero-order chi connectivity index (χ0) is 23.0. The molecule has 0 radical (unpaired) electrons. The van der Waals surface area contributed by atoms with Crippen molar-refractivity contribution in [1.82, 2.24) is 0 Å². The average Bonchev–Trinajstić information content (AvgIpc) is 2.97. The SMILES string of the molecule is COC(=O)[C@@]12C=C(Br)[C@@H](O)C[C@@H]1c1ccccc1/C2=C\C#CCO[Si](C)(C)C(C)(C)C. The van der Waals surface area contributed by atoms with Gasteiger partial charge in [0.1, 0.15) is 5.41 Å². The van der Waals surface area contributed by atoms with Gasteiger partial charge in [0.15, 0.2) is 8.32 Å². The van der Waals surface area contributed by atoms with Gasteiger partial charge in [-0.1, -0.05) is 72.8 Å². The second kappa shape index (κ2) is 8.71. The molecule has 3 atom stereocenters. The number of aliphatic hydroxyl groups is 1. The molecular formula is C25H31BrO4Si. The molecule has 0 amide bonds. The Hall–Kier alpha value is -1.65. The van der Waals surface area contributed by atoms with E-state index in [9.17, 15) is 9.90 Å².